The second-order valence-electron chi connectivity index (χ2n) is 19.7. The third-order valence-corrected chi connectivity index (χ3v) is 17.6. The zero-order valence-electron chi connectivity index (χ0n) is 44.9. The van der Waals surface area contributed by atoms with Gasteiger partial charge >= 0.3 is 0 Å². The molecule has 0 bridgehead atoms. The van der Waals surface area contributed by atoms with Crippen molar-refractivity contribution < 1.29 is 66.3 Å². The molecule has 0 fully saturated rings. The summed E-state index contributed by atoms with van der Waals surface area (Å²) in [7, 11) is -11.4. The number of fused-ring (bicyclic) bond motifs is 3. The number of hydrogen-bond acceptors (Lipinski definition) is 12. The van der Waals surface area contributed by atoms with Crippen molar-refractivity contribution in [3.05, 3.63) is 174 Å². The van der Waals surface area contributed by atoms with Gasteiger partial charge in [0.05, 0.1) is 51.0 Å². The number of nitrogens with one attached hydrogen (secondary N) is 6. The highest BCUT2D eigenvalue weighted by Gasteiger charge is 2.29. The fourth-order valence-corrected chi connectivity index (χ4v) is 13.4. The van der Waals surface area contributed by atoms with E-state index in [1.807, 2.05) is 23.1 Å². The fourth-order valence-electron chi connectivity index (χ4n) is 8.03. The molecule has 3 aromatic carbocycles. The summed E-state index contributed by atoms with van der Waals surface area (Å²) in [6.07, 6.45) is 7.76. The number of carbonyl (C=O) groups is 2. The smallest absolute Gasteiger partial charge is 0.233 e. The van der Waals surface area contributed by atoms with Crippen LogP contribution in [0, 0.1) is 52.7 Å². The molecule has 0 aliphatic rings. The van der Waals surface area contributed by atoms with Gasteiger partial charge in [0.1, 0.15) is 40.5 Å². The van der Waals surface area contributed by atoms with Crippen LogP contribution in [0.3, 0.4) is 0 Å². The molecule has 30 heteroatoms. The van der Waals surface area contributed by atoms with Crippen molar-refractivity contribution in [1.82, 2.24) is 29.9 Å². The minimum absolute atomic E-state index is 0.00487. The Kier molecular flexibility index (Phi) is 22.1. The number of aromatic amines is 3. The standard InChI is InChI=1S/C18H18BrF2N3O3S.C18H16BrF2N3O3S.C11H13F2NO3S.C7H5BrN2/c2*1-9(2)8-28(26,27)24-14-4-3-13(20)15(16(14)21)17(25)12-7-23-18-11(12)5-10(19)6-22-18;1-7(2)6-18(16,17)14-10-4-3-9(12)8(5-15)11(10)13;8-6-3-5-1-2-9-7(5)10-4-6/h3-7,9,17,24-25H,8H2,1-2H3,(H,22,23);3-7,9,24H,8H2,1-2H3,(H,22,23);3-5,7,14H,6H2,1-2H3;1-4H,(H,9,10). The maximum atomic E-state index is 15.0. The van der Waals surface area contributed by atoms with Gasteiger partial charge in [0.25, 0.3) is 0 Å². The van der Waals surface area contributed by atoms with Crippen LogP contribution in [0.1, 0.15) is 85.1 Å². The molecule has 1 atom stereocenters. The number of aliphatic hydroxyl groups excluding tert-OH is 1. The van der Waals surface area contributed by atoms with E-state index in [4.69, 9.17) is 0 Å². The van der Waals surface area contributed by atoms with Crippen molar-refractivity contribution in [3.63, 3.8) is 0 Å². The van der Waals surface area contributed by atoms with Gasteiger partial charge in [0, 0.05) is 77.9 Å². The van der Waals surface area contributed by atoms with Gasteiger partial charge in [0.15, 0.2) is 23.7 Å². The lowest BCUT2D eigenvalue weighted by Crippen LogP contribution is -2.21. The van der Waals surface area contributed by atoms with Gasteiger partial charge in [-0.2, -0.15) is 0 Å². The van der Waals surface area contributed by atoms with E-state index in [0.717, 1.165) is 51.9 Å². The number of aliphatic hydroxyl groups is 1. The van der Waals surface area contributed by atoms with Crippen LogP contribution in [0.15, 0.2) is 111 Å². The maximum absolute atomic E-state index is 15.0. The number of sulfonamides is 3. The summed E-state index contributed by atoms with van der Waals surface area (Å²) in [6.45, 7) is 10.2. The van der Waals surface area contributed by atoms with E-state index in [0.29, 0.717) is 31.0 Å². The predicted molar refractivity (Wildman–Crippen MR) is 320 cm³/mol. The summed E-state index contributed by atoms with van der Waals surface area (Å²) >= 11 is 9.84. The maximum Gasteiger partial charge on any atom is 0.233 e. The zero-order chi connectivity index (χ0) is 62.2. The molecule has 9 aromatic rings. The Morgan fingerprint density at radius 3 is 1.54 bits per heavy atom. The molecule has 0 amide bonds. The molecular weight excluding hydrogens is 1370 g/mol. The average Bonchev–Trinajstić information content (AvgIpc) is 4.29. The Balaban J connectivity index is 0.000000190. The fraction of sp³-hybridized carbons (Fsp3) is 0.241. The van der Waals surface area contributed by atoms with Crippen molar-refractivity contribution in [2.24, 2.45) is 17.8 Å². The topological polar surface area (TPSA) is 279 Å². The van der Waals surface area contributed by atoms with E-state index in [1.165, 1.54) is 18.6 Å². The molecule has 0 radical (unpaired) electrons. The van der Waals surface area contributed by atoms with E-state index in [9.17, 15) is 66.3 Å². The first-order valence-corrected chi connectivity index (χ1v) is 32.1. The van der Waals surface area contributed by atoms with E-state index >= 15 is 0 Å². The van der Waals surface area contributed by atoms with Crippen LogP contribution in [0.5, 0.6) is 0 Å². The second kappa shape index (κ2) is 28.0. The van der Waals surface area contributed by atoms with E-state index < -0.39 is 111 Å². The quantitative estimate of drug-likeness (QED) is 0.0255. The molecule has 0 saturated heterocycles. The number of benzene rings is 3. The number of H-pyrrole nitrogens is 3. The van der Waals surface area contributed by atoms with E-state index in [2.05, 4.69) is 87.1 Å². The van der Waals surface area contributed by atoms with Crippen LogP contribution in [0.2, 0.25) is 0 Å². The average molecular weight is 1420 g/mol. The summed E-state index contributed by atoms with van der Waals surface area (Å²) in [6, 6.07) is 12.8. The molecule has 0 saturated carbocycles. The molecule has 448 valence electrons. The summed E-state index contributed by atoms with van der Waals surface area (Å²) in [5.41, 5.74) is -1.64. The number of aldehydes is 1. The molecule has 6 aromatic heterocycles. The monoisotopic (exact) mass is 1420 g/mol. The molecule has 0 aliphatic heterocycles. The lowest BCUT2D eigenvalue weighted by Gasteiger charge is -2.16. The number of carbonyl (C=O) groups excluding carboxylic acids is 2. The highest BCUT2D eigenvalue weighted by atomic mass is 79.9. The van der Waals surface area contributed by atoms with Gasteiger partial charge in [-0.15, -0.1) is 0 Å². The van der Waals surface area contributed by atoms with Crippen LogP contribution in [-0.2, 0) is 30.1 Å². The van der Waals surface area contributed by atoms with Gasteiger partial charge < -0.3 is 20.1 Å². The minimum Gasteiger partial charge on any atom is -0.383 e. The summed E-state index contributed by atoms with van der Waals surface area (Å²) in [5, 5.41) is 12.7. The Morgan fingerprint density at radius 1 is 0.571 bits per heavy atom. The van der Waals surface area contributed by atoms with Crippen molar-refractivity contribution in [3.8, 4) is 0 Å². The van der Waals surface area contributed by atoms with Crippen LogP contribution in [0.4, 0.5) is 43.4 Å². The third kappa shape index (κ3) is 17.2. The van der Waals surface area contributed by atoms with E-state index in [-0.39, 0.29) is 52.4 Å². The number of halogens is 9. The summed E-state index contributed by atoms with van der Waals surface area (Å²) in [4.78, 5) is 44.3. The molecule has 7 N–H and O–H groups in total. The molecule has 6 heterocycles. The Bertz CT molecular complexity index is 4250. The molecule has 0 aliphatic carbocycles. The van der Waals surface area contributed by atoms with E-state index in [1.54, 1.807) is 66.1 Å². The molecule has 0 spiro atoms. The van der Waals surface area contributed by atoms with Crippen LogP contribution in [-0.4, -0.2) is 89.6 Å². The first-order valence-electron chi connectivity index (χ1n) is 24.8. The van der Waals surface area contributed by atoms with Crippen molar-refractivity contribution in [2.45, 2.75) is 47.6 Å². The van der Waals surface area contributed by atoms with Crippen molar-refractivity contribution >= 4 is 140 Å². The largest absolute Gasteiger partial charge is 0.383 e. The zero-order valence-corrected chi connectivity index (χ0v) is 52.1. The van der Waals surface area contributed by atoms with Gasteiger partial charge in [-0.05, 0) is 126 Å². The second-order valence-corrected chi connectivity index (χ2v) is 27.8. The molecule has 18 nitrogen and oxygen atoms in total. The summed E-state index contributed by atoms with van der Waals surface area (Å²) in [5.74, 6) is -8.86. The number of rotatable bonds is 17. The number of hydrogen-bond donors (Lipinski definition) is 7. The van der Waals surface area contributed by atoms with Crippen molar-refractivity contribution in [2.75, 3.05) is 31.4 Å². The van der Waals surface area contributed by atoms with Crippen molar-refractivity contribution in [1.29, 1.82) is 0 Å². The Labute approximate surface area is 503 Å². The Hall–Kier alpha value is -6.70. The number of ketones is 1. The molecule has 9 rings (SSSR count). The van der Waals surface area contributed by atoms with Gasteiger partial charge in [-0.25, -0.2) is 66.5 Å². The number of anilines is 3. The van der Waals surface area contributed by atoms with Crippen LogP contribution in [0.25, 0.3) is 33.1 Å². The number of nitrogens with zero attached hydrogens (tertiary/aromatic N) is 3. The Morgan fingerprint density at radius 2 is 1.01 bits per heavy atom. The lowest BCUT2D eigenvalue weighted by molar-refractivity contribution is 0.103. The lowest BCUT2D eigenvalue weighted by atomic mass is 10.00. The molecule has 84 heavy (non-hydrogen) atoms. The highest BCUT2D eigenvalue weighted by Crippen LogP contribution is 2.35. The molecular formula is C54H52Br3F6N9O9S3. The van der Waals surface area contributed by atoms with Gasteiger partial charge in [-0.1, -0.05) is 41.5 Å². The predicted octanol–water partition coefficient (Wildman–Crippen LogP) is 12.8. The van der Waals surface area contributed by atoms with Crippen LogP contribution < -0.4 is 14.2 Å². The normalized spacial score (nSPS) is 12.1. The SMILES string of the molecule is Brc1cnc2[nH]ccc2c1.CC(C)CS(=O)(=O)Nc1ccc(F)c(C(=O)c2c[nH]c3ncc(Br)cc23)c1F.CC(C)CS(=O)(=O)Nc1ccc(F)c(C(O)c2c[nH]c3ncc(Br)cc23)c1F.CC(C)CS(=O)(=O)Nc1ccc(F)c(C=O)c1F. The first-order chi connectivity index (χ1) is 39.3. The number of aromatic nitrogens is 6. The first kappa shape index (κ1) is 66.4. The van der Waals surface area contributed by atoms with Gasteiger partial charge in [-0.3, -0.25) is 23.8 Å². The molecule has 1 unspecified atom stereocenters. The minimum atomic E-state index is -3.85. The van der Waals surface area contributed by atoms with Gasteiger partial charge in [0.2, 0.25) is 35.9 Å². The summed E-state index contributed by atoms with van der Waals surface area (Å²) < 4.78 is 165. The highest BCUT2D eigenvalue weighted by molar-refractivity contribution is 9.11. The number of pyridine rings is 3. The van der Waals surface area contributed by atoms with Crippen LogP contribution >= 0.6 is 47.8 Å². The third-order valence-electron chi connectivity index (χ3n) is 11.4.